The molecule has 0 spiro atoms. The molecule has 0 aliphatic rings. The highest BCUT2D eigenvalue weighted by molar-refractivity contribution is 7.99. The fourth-order valence-corrected chi connectivity index (χ4v) is 5.78. The van der Waals surface area contributed by atoms with E-state index in [1.54, 1.807) is 36.6 Å². The normalized spacial score (nSPS) is 11.1. The zero-order chi connectivity index (χ0) is 20.5. The van der Waals surface area contributed by atoms with Crippen LogP contribution in [-0.4, -0.2) is 21.2 Å². The quantitative estimate of drug-likeness (QED) is 0.290. The molecule has 0 saturated heterocycles. The summed E-state index contributed by atoms with van der Waals surface area (Å²) in [6, 6.07) is 8.94. The first-order valence-electron chi connectivity index (χ1n) is 8.34. The Kier molecular flexibility index (Phi) is 5.98. The highest BCUT2D eigenvalue weighted by Crippen LogP contribution is 2.34. The molecule has 4 rings (SSSR count). The summed E-state index contributed by atoms with van der Waals surface area (Å²) in [6.07, 6.45) is 0. The number of rotatable bonds is 5. The highest BCUT2D eigenvalue weighted by Gasteiger charge is 2.17. The standard InChI is InChI=1S/C19H13Cl2N3O2S3/c1-24-18(26)15-10(13-6-3-7-27-13)8-28-17(15)23-19(24)29-9-14(25)22-16-11(20)4-2-5-12(16)21/h2-8H,9H2,1H3,(H,22,25). The molecule has 1 N–H and O–H groups in total. The zero-order valence-electron chi connectivity index (χ0n) is 14.9. The molecular weight excluding hydrogens is 469 g/mol. The van der Waals surface area contributed by atoms with Crippen LogP contribution in [0.1, 0.15) is 0 Å². The molecule has 10 heteroatoms. The number of anilines is 1. The number of aromatic nitrogens is 2. The average molecular weight is 482 g/mol. The Morgan fingerprint density at radius 1 is 1.21 bits per heavy atom. The van der Waals surface area contributed by atoms with Crippen LogP contribution < -0.4 is 10.9 Å². The van der Waals surface area contributed by atoms with Crippen LogP contribution in [0.15, 0.2) is 51.0 Å². The Hall–Kier alpha value is -1.84. The van der Waals surface area contributed by atoms with E-state index in [0.29, 0.717) is 31.1 Å². The molecule has 3 aromatic heterocycles. The van der Waals surface area contributed by atoms with Crippen molar-refractivity contribution < 1.29 is 4.79 Å². The molecule has 1 aromatic carbocycles. The van der Waals surface area contributed by atoms with Crippen molar-refractivity contribution in [2.75, 3.05) is 11.1 Å². The van der Waals surface area contributed by atoms with Gasteiger partial charge in [0.1, 0.15) is 4.83 Å². The van der Waals surface area contributed by atoms with Crippen molar-refractivity contribution >= 4 is 79.4 Å². The Balaban J connectivity index is 1.57. The molecule has 0 unspecified atom stereocenters. The van der Waals surface area contributed by atoms with E-state index < -0.39 is 0 Å². The van der Waals surface area contributed by atoms with E-state index in [1.165, 1.54) is 27.7 Å². The molecule has 148 valence electrons. The zero-order valence-corrected chi connectivity index (χ0v) is 18.9. The van der Waals surface area contributed by atoms with Gasteiger partial charge in [0, 0.05) is 22.9 Å². The minimum absolute atomic E-state index is 0.0660. The van der Waals surface area contributed by atoms with E-state index in [-0.39, 0.29) is 17.2 Å². The van der Waals surface area contributed by atoms with Crippen LogP contribution in [0.2, 0.25) is 10.0 Å². The molecule has 0 bridgehead atoms. The maximum Gasteiger partial charge on any atom is 0.263 e. The van der Waals surface area contributed by atoms with Gasteiger partial charge in [0.05, 0.1) is 26.9 Å². The maximum absolute atomic E-state index is 12.9. The van der Waals surface area contributed by atoms with Crippen LogP contribution in [0.3, 0.4) is 0 Å². The minimum Gasteiger partial charge on any atom is -0.323 e. The third-order valence-electron chi connectivity index (χ3n) is 4.12. The fraction of sp³-hybridized carbons (Fsp3) is 0.105. The maximum atomic E-state index is 12.9. The molecule has 0 aliphatic carbocycles. The van der Waals surface area contributed by atoms with Gasteiger partial charge in [-0.25, -0.2) is 4.98 Å². The first-order chi connectivity index (χ1) is 14.0. The summed E-state index contributed by atoms with van der Waals surface area (Å²) in [6.45, 7) is 0. The van der Waals surface area contributed by atoms with Gasteiger partial charge in [-0.3, -0.25) is 14.2 Å². The SMILES string of the molecule is Cn1c(SCC(=O)Nc2c(Cl)cccc2Cl)nc2scc(-c3cccs3)c2c1=O. The number of para-hydroxylation sites is 1. The van der Waals surface area contributed by atoms with E-state index in [0.717, 1.165) is 10.4 Å². The number of carbonyl (C=O) groups is 1. The molecule has 0 fully saturated rings. The predicted molar refractivity (Wildman–Crippen MR) is 124 cm³/mol. The van der Waals surface area contributed by atoms with Crippen molar-refractivity contribution in [3.63, 3.8) is 0 Å². The second-order valence-electron chi connectivity index (χ2n) is 6.00. The number of benzene rings is 1. The Morgan fingerprint density at radius 2 is 1.97 bits per heavy atom. The summed E-state index contributed by atoms with van der Waals surface area (Å²) in [7, 11) is 1.66. The Bertz CT molecular complexity index is 1250. The fourth-order valence-electron chi connectivity index (χ4n) is 2.72. The lowest BCUT2D eigenvalue weighted by Crippen LogP contribution is -2.21. The van der Waals surface area contributed by atoms with Crippen LogP contribution in [0.4, 0.5) is 5.69 Å². The Labute approximate surface area is 188 Å². The van der Waals surface area contributed by atoms with Crippen molar-refractivity contribution in [2.24, 2.45) is 7.05 Å². The van der Waals surface area contributed by atoms with Crippen LogP contribution in [0, 0.1) is 0 Å². The van der Waals surface area contributed by atoms with Gasteiger partial charge in [-0.1, -0.05) is 47.1 Å². The summed E-state index contributed by atoms with van der Waals surface area (Å²) in [4.78, 5) is 31.6. The van der Waals surface area contributed by atoms with Crippen LogP contribution in [0.25, 0.3) is 20.7 Å². The average Bonchev–Trinajstić information content (AvgIpc) is 3.36. The van der Waals surface area contributed by atoms with Crippen LogP contribution in [0.5, 0.6) is 0 Å². The molecule has 3 heterocycles. The van der Waals surface area contributed by atoms with Gasteiger partial charge >= 0.3 is 0 Å². The lowest BCUT2D eigenvalue weighted by molar-refractivity contribution is -0.113. The van der Waals surface area contributed by atoms with Gasteiger partial charge in [0.2, 0.25) is 5.91 Å². The molecule has 0 aliphatic heterocycles. The number of halogens is 2. The third kappa shape index (κ3) is 4.08. The molecule has 4 aromatic rings. The molecular formula is C19H13Cl2N3O2S3. The largest absolute Gasteiger partial charge is 0.323 e. The van der Waals surface area contributed by atoms with E-state index in [1.807, 2.05) is 22.9 Å². The van der Waals surface area contributed by atoms with Gasteiger partial charge < -0.3 is 5.32 Å². The van der Waals surface area contributed by atoms with Crippen LogP contribution in [-0.2, 0) is 11.8 Å². The van der Waals surface area contributed by atoms with E-state index in [4.69, 9.17) is 23.2 Å². The number of nitrogens with one attached hydrogen (secondary N) is 1. The second kappa shape index (κ2) is 8.49. The third-order valence-corrected chi connectivity index (χ3v) is 7.56. The first-order valence-corrected chi connectivity index (χ1v) is 11.8. The lowest BCUT2D eigenvalue weighted by Gasteiger charge is -2.10. The summed E-state index contributed by atoms with van der Waals surface area (Å²) in [5, 5.41) is 8.44. The first kappa shape index (κ1) is 20.4. The number of nitrogens with zero attached hydrogens (tertiary/aromatic N) is 2. The van der Waals surface area contributed by atoms with Crippen molar-refractivity contribution in [2.45, 2.75) is 5.16 Å². The Morgan fingerprint density at radius 3 is 2.66 bits per heavy atom. The lowest BCUT2D eigenvalue weighted by atomic mass is 10.2. The summed E-state index contributed by atoms with van der Waals surface area (Å²) >= 11 is 16.4. The van der Waals surface area contributed by atoms with Gasteiger partial charge in [-0.05, 0) is 23.6 Å². The van der Waals surface area contributed by atoms with Crippen molar-refractivity contribution in [1.29, 1.82) is 0 Å². The monoisotopic (exact) mass is 481 g/mol. The van der Waals surface area contributed by atoms with Gasteiger partial charge in [0.25, 0.3) is 5.56 Å². The highest BCUT2D eigenvalue weighted by atomic mass is 35.5. The molecule has 0 radical (unpaired) electrons. The smallest absolute Gasteiger partial charge is 0.263 e. The minimum atomic E-state index is -0.287. The van der Waals surface area contributed by atoms with Gasteiger partial charge in [-0.2, -0.15) is 0 Å². The topological polar surface area (TPSA) is 64.0 Å². The molecule has 5 nitrogen and oxygen atoms in total. The van der Waals surface area contributed by atoms with Crippen molar-refractivity contribution in [3.05, 3.63) is 61.5 Å². The van der Waals surface area contributed by atoms with Gasteiger partial charge in [-0.15, -0.1) is 22.7 Å². The number of fused-ring (bicyclic) bond motifs is 1. The molecule has 0 saturated carbocycles. The predicted octanol–water partition coefficient (Wildman–Crippen LogP) is 5.76. The summed E-state index contributed by atoms with van der Waals surface area (Å²) in [5.41, 5.74) is 1.14. The van der Waals surface area contributed by atoms with Crippen molar-refractivity contribution in [3.8, 4) is 10.4 Å². The molecule has 0 atom stereocenters. The van der Waals surface area contributed by atoms with E-state index in [2.05, 4.69) is 10.3 Å². The summed E-state index contributed by atoms with van der Waals surface area (Å²) in [5.74, 6) is -0.221. The number of hydrogen-bond donors (Lipinski definition) is 1. The van der Waals surface area contributed by atoms with E-state index >= 15 is 0 Å². The van der Waals surface area contributed by atoms with Crippen molar-refractivity contribution in [1.82, 2.24) is 9.55 Å². The van der Waals surface area contributed by atoms with Crippen LogP contribution >= 0.6 is 57.6 Å². The number of hydrogen-bond acceptors (Lipinski definition) is 6. The number of thiophene rings is 2. The number of thioether (sulfide) groups is 1. The number of carbonyl (C=O) groups excluding carboxylic acids is 1. The summed E-state index contributed by atoms with van der Waals surface area (Å²) < 4.78 is 1.48. The molecule has 29 heavy (non-hydrogen) atoms. The number of amides is 1. The van der Waals surface area contributed by atoms with E-state index in [9.17, 15) is 9.59 Å². The van der Waals surface area contributed by atoms with Gasteiger partial charge in [0.15, 0.2) is 5.16 Å². The second-order valence-corrected chi connectivity index (χ2v) is 9.56. The molecule has 1 amide bonds.